The molecule has 122 valence electrons. The SMILES string of the molecule is CN(C)[C@H]1CCOC2(CCN(C(=O)c3ccn(C)n3)CC2)C1. The van der Waals surface area contributed by atoms with Crippen LogP contribution in [0.15, 0.2) is 12.3 Å². The Morgan fingerprint density at radius 2 is 2.14 bits per heavy atom. The van der Waals surface area contributed by atoms with Crippen molar-refractivity contribution in [3.63, 3.8) is 0 Å². The van der Waals surface area contributed by atoms with Crippen LogP contribution in [0.25, 0.3) is 0 Å². The average molecular weight is 306 g/mol. The van der Waals surface area contributed by atoms with Gasteiger partial charge < -0.3 is 14.5 Å². The zero-order chi connectivity index (χ0) is 15.7. The topological polar surface area (TPSA) is 50.6 Å². The fourth-order valence-electron chi connectivity index (χ4n) is 3.60. The number of amides is 1. The first-order chi connectivity index (χ1) is 10.5. The van der Waals surface area contributed by atoms with Gasteiger partial charge in [0.25, 0.3) is 5.91 Å². The van der Waals surface area contributed by atoms with Gasteiger partial charge in [0.05, 0.1) is 5.60 Å². The summed E-state index contributed by atoms with van der Waals surface area (Å²) in [6, 6.07) is 2.37. The molecule has 2 aliphatic heterocycles. The Hall–Kier alpha value is -1.40. The van der Waals surface area contributed by atoms with Crippen LogP contribution in [0.3, 0.4) is 0 Å². The second kappa shape index (κ2) is 6.01. The number of aromatic nitrogens is 2. The highest BCUT2D eigenvalue weighted by atomic mass is 16.5. The summed E-state index contributed by atoms with van der Waals surface area (Å²) < 4.78 is 7.81. The van der Waals surface area contributed by atoms with E-state index in [2.05, 4.69) is 24.1 Å². The van der Waals surface area contributed by atoms with Crippen LogP contribution in [0.1, 0.15) is 36.2 Å². The lowest BCUT2D eigenvalue weighted by atomic mass is 9.82. The van der Waals surface area contributed by atoms with Gasteiger partial charge in [0, 0.05) is 39.0 Å². The van der Waals surface area contributed by atoms with Crippen LogP contribution in [0, 0.1) is 0 Å². The molecule has 0 radical (unpaired) electrons. The number of hydrogen-bond donors (Lipinski definition) is 0. The molecule has 22 heavy (non-hydrogen) atoms. The Morgan fingerprint density at radius 3 is 2.73 bits per heavy atom. The first kappa shape index (κ1) is 15.5. The average Bonchev–Trinajstić information content (AvgIpc) is 2.94. The van der Waals surface area contributed by atoms with Crippen molar-refractivity contribution in [2.45, 2.75) is 37.3 Å². The molecule has 0 unspecified atom stereocenters. The van der Waals surface area contributed by atoms with Gasteiger partial charge in [-0.15, -0.1) is 0 Å². The van der Waals surface area contributed by atoms with Gasteiger partial charge in [0.15, 0.2) is 0 Å². The number of carbonyl (C=O) groups excluding carboxylic acids is 1. The standard InChI is InChI=1S/C16H26N4O2/c1-18(2)13-5-11-22-16(12-13)6-9-20(10-7-16)15(21)14-4-8-19(3)17-14/h4,8,13H,5-7,9-12H2,1-3H3/t13-/m0/s1. The van der Waals surface area contributed by atoms with Gasteiger partial charge in [0.1, 0.15) is 5.69 Å². The largest absolute Gasteiger partial charge is 0.375 e. The lowest BCUT2D eigenvalue weighted by molar-refractivity contribution is -0.125. The molecule has 1 aromatic rings. The van der Waals surface area contributed by atoms with Crippen LogP contribution in [0.5, 0.6) is 0 Å². The fourth-order valence-corrected chi connectivity index (χ4v) is 3.60. The molecule has 2 aliphatic rings. The highest BCUT2D eigenvalue weighted by molar-refractivity contribution is 5.92. The minimum atomic E-state index is -0.0336. The van der Waals surface area contributed by atoms with Crippen molar-refractivity contribution in [1.29, 1.82) is 0 Å². The Labute approximate surface area is 132 Å². The maximum absolute atomic E-state index is 12.5. The van der Waals surface area contributed by atoms with Gasteiger partial charge in [0.2, 0.25) is 0 Å². The van der Waals surface area contributed by atoms with E-state index in [-0.39, 0.29) is 11.5 Å². The quantitative estimate of drug-likeness (QED) is 0.822. The Morgan fingerprint density at radius 1 is 1.41 bits per heavy atom. The van der Waals surface area contributed by atoms with E-state index in [0.29, 0.717) is 11.7 Å². The minimum absolute atomic E-state index is 0.0336. The molecule has 6 nitrogen and oxygen atoms in total. The van der Waals surface area contributed by atoms with E-state index in [1.807, 2.05) is 18.1 Å². The van der Waals surface area contributed by atoms with E-state index >= 15 is 0 Å². The summed E-state index contributed by atoms with van der Waals surface area (Å²) in [6.45, 7) is 2.35. The Kier molecular flexibility index (Phi) is 4.23. The van der Waals surface area contributed by atoms with E-state index in [4.69, 9.17) is 4.74 Å². The van der Waals surface area contributed by atoms with Gasteiger partial charge in [-0.2, -0.15) is 5.10 Å². The first-order valence-corrected chi connectivity index (χ1v) is 8.08. The fraction of sp³-hybridized carbons (Fsp3) is 0.750. The maximum atomic E-state index is 12.5. The van der Waals surface area contributed by atoms with Crippen molar-refractivity contribution in [3.05, 3.63) is 18.0 Å². The van der Waals surface area contributed by atoms with Gasteiger partial charge in [-0.05, 0) is 45.8 Å². The van der Waals surface area contributed by atoms with Crippen molar-refractivity contribution in [3.8, 4) is 0 Å². The molecule has 0 aliphatic carbocycles. The molecule has 0 saturated carbocycles. The number of nitrogens with zero attached hydrogens (tertiary/aromatic N) is 4. The molecule has 1 atom stereocenters. The van der Waals surface area contributed by atoms with Crippen LogP contribution >= 0.6 is 0 Å². The molecule has 3 rings (SSSR count). The third-order valence-electron chi connectivity index (χ3n) is 5.09. The molecule has 0 bridgehead atoms. The van der Waals surface area contributed by atoms with E-state index in [9.17, 15) is 4.79 Å². The normalized spacial score (nSPS) is 24.9. The number of rotatable bonds is 2. The van der Waals surface area contributed by atoms with E-state index in [0.717, 1.165) is 45.4 Å². The van der Waals surface area contributed by atoms with Crippen LogP contribution in [-0.2, 0) is 11.8 Å². The van der Waals surface area contributed by atoms with Gasteiger partial charge >= 0.3 is 0 Å². The van der Waals surface area contributed by atoms with Crippen LogP contribution in [0.2, 0.25) is 0 Å². The summed E-state index contributed by atoms with van der Waals surface area (Å²) in [4.78, 5) is 16.7. The zero-order valence-corrected chi connectivity index (χ0v) is 13.8. The summed E-state index contributed by atoms with van der Waals surface area (Å²) in [7, 11) is 6.12. The van der Waals surface area contributed by atoms with E-state index < -0.39 is 0 Å². The molecular formula is C16H26N4O2. The Balaban J connectivity index is 1.61. The van der Waals surface area contributed by atoms with Crippen LogP contribution in [-0.4, -0.2) is 70.9 Å². The third-order valence-corrected chi connectivity index (χ3v) is 5.09. The van der Waals surface area contributed by atoms with Crippen molar-refractivity contribution < 1.29 is 9.53 Å². The molecule has 1 amide bonds. The molecule has 2 fully saturated rings. The molecule has 0 aromatic carbocycles. The number of likely N-dealkylation sites (tertiary alicyclic amines) is 1. The van der Waals surface area contributed by atoms with Crippen molar-refractivity contribution in [2.24, 2.45) is 7.05 Å². The molecule has 0 N–H and O–H groups in total. The highest BCUT2D eigenvalue weighted by Gasteiger charge is 2.41. The second-order valence-electron chi connectivity index (χ2n) is 6.81. The van der Waals surface area contributed by atoms with Gasteiger partial charge in [-0.1, -0.05) is 0 Å². The lowest BCUT2D eigenvalue weighted by Crippen LogP contribution is -2.53. The van der Waals surface area contributed by atoms with Gasteiger partial charge in [-0.25, -0.2) is 0 Å². The number of piperidine rings is 1. The molecule has 1 spiro atoms. The molecular weight excluding hydrogens is 280 g/mol. The van der Waals surface area contributed by atoms with E-state index in [1.54, 1.807) is 10.7 Å². The number of aryl methyl sites for hydroxylation is 1. The maximum Gasteiger partial charge on any atom is 0.274 e. The van der Waals surface area contributed by atoms with E-state index in [1.165, 1.54) is 0 Å². The lowest BCUT2D eigenvalue weighted by Gasteiger charge is -2.47. The van der Waals surface area contributed by atoms with Gasteiger partial charge in [-0.3, -0.25) is 9.48 Å². The number of ether oxygens (including phenoxy) is 1. The molecule has 2 saturated heterocycles. The molecule has 1 aromatic heterocycles. The molecule has 6 heteroatoms. The zero-order valence-electron chi connectivity index (χ0n) is 13.8. The van der Waals surface area contributed by atoms with Crippen molar-refractivity contribution >= 4 is 5.91 Å². The van der Waals surface area contributed by atoms with Crippen molar-refractivity contribution in [1.82, 2.24) is 19.6 Å². The second-order valence-corrected chi connectivity index (χ2v) is 6.81. The summed E-state index contributed by atoms with van der Waals surface area (Å²) in [5, 5.41) is 4.21. The molecule has 3 heterocycles. The summed E-state index contributed by atoms with van der Waals surface area (Å²) in [5.41, 5.74) is 0.503. The first-order valence-electron chi connectivity index (χ1n) is 8.08. The van der Waals surface area contributed by atoms with Crippen molar-refractivity contribution in [2.75, 3.05) is 33.8 Å². The smallest absolute Gasteiger partial charge is 0.274 e. The summed E-state index contributed by atoms with van der Waals surface area (Å²) >= 11 is 0. The summed E-state index contributed by atoms with van der Waals surface area (Å²) in [5.74, 6) is 0.0374. The monoisotopic (exact) mass is 306 g/mol. The predicted molar refractivity (Wildman–Crippen MR) is 83.7 cm³/mol. The highest BCUT2D eigenvalue weighted by Crippen LogP contribution is 2.36. The van der Waals surface area contributed by atoms with Crippen LogP contribution < -0.4 is 0 Å². The third kappa shape index (κ3) is 3.03. The summed E-state index contributed by atoms with van der Waals surface area (Å²) in [6.07, 6.45) is 5.84. The number of carbonyl (C=O) groups is 1. The Bertz CT molecular complexity index is 532. The van der Waals surface area contributed by atoms with Crippen LogP contribution in [0.4, 0.5) is 0 Å². The number of hydrogen-bond acceptors (Lipinski definition) is 4. The minimum Gasteiger partial charge on any atom is -0.375 e. The predicted octanol–water partition coefficient (Wildman–Crippen LogP) is 1.14.